The minimum atomic E-state index is -0.355. The molecule has 0 saturated heterocycles. The first-order valence-electron chi connectivity index (χ1n) is 6.12. The van der Waals surface area contributed by atoms with Crippen LogP contribution in [0.2, 0.25) is 0 Å². The van der Waals surface area contributed by atoms with Crippen molar-refractivity contribution in [2.45, 2.75) is 26.2 Å². The molecule has 2 unspecified atom stereocenters. The van der Waals surface area contributed by atoms with E-state index in [1.54, 1.807) is 6.07 Å². The maximum atomic E-state index is 13.2. The number of rotatable bonds is 3. The second kappa shape index (κ2) is 5.18. The first kappa shape index (κ1) is 11.9. The molecule has 0 amide bonds. The van der Waals surface area contributed by atoms with Crippen molar-refractivity contribution in [3.63, 3.8) is 0 Å². The van der Waals surface area contributed by atoms with E-state index in [1.807, 2.05) is 6.07 Å². The molecular formula is C14H17FN2. The molecule has 0 aliphatic heterocycles. The summed E-state index contributed by atoms with van der Waals surface area (Å²) in [4.78, 5) is 0. The van der Waals surface area contributed by atoms with Crippen molar-refractivity contribution in [1.82, 2.24) is 0 Å². The Morgan fingerprint density at radius 3 is 2.88 bits per heavy atom. The highest BCUT2D eigenvalue weighted by atomic mass is 19.1. The standard InChI is InChI=1S/C14H17FN2/c1-10-2-3-11(4-10)9-17-14-6-12(8-16)5-13(15)7-14/h5-7,10-11,17H,2-4,9H2,1H3. The van der Waals surface area contributed by atoms with E-state index in [9.17, 15) is 4.39 Å². The molecule has 0 bridgehead atoms. The van der Waals surface area contributed by atoms with Gasteiger partial charge in [0.15, 0.2) is 0 Å². The summed E-state index contributed by atoms with van der Waals surface area (Å²) < 4.78 is 13.2. The van der Waals surface area contributed by atoms with Crippen LogP contribution in [0, 0.1) is 29.0 Å². The summed E-state index contributed by atoms with van der Waals surface area (Å²) in [6, 6.07) is 6.36. The third-order valence-corrected chi connectivity index (χ3v) is 3.43. The van der Waals surface area contributed by atoms with Crippen molar-refractivity contribution in [2.75, 3.05) is 11.9 Å². The monoisotopic (exact) mass is 232 g/mol. The molecule has 90 valence electrons. The van der Waals surface area contributed by atoms with Crippen molar-refractivity contribution >= 4 is 5.69 Å². The van der Waals surface area contributed by atoms with E-state index in [4.69, 9.17) is 5.26 Å². The van der Waals surface area contributed by atoms with Gasteiger partial charge in [-0.25, -0.2) is 4.39 Å². The summed E-state index contributed by atoms with van der Waals surface area (Å²) in [5, 5.41) is 12.0. The predicted octanol–water partition coefficient (Wildman–Crippen LogP) is 3.55. The van der Waals surface area contributed by atoms with Crippen LogP contribution in [-0.2, 0) is 0 Å². The van der Waals surface area contributed by atoms with Crippen molar-refractivity contribution in [1.29, 1.82) is 5.26 Å². The lowest BCUT2D eigenvalue weighted by molar-refractivity contribution is 0.537. The SMILES string of the molecule is CC1CCC(CNc2cc(F)cc(C#N)c2)C1. The van der Waals surface area contributed by atoms with Crippen LogP contribution in [0.5, 0.6) is 0 Å². The van der Waals surface area contributed by atoms with Crippen LogP contribution in [0.25, 0.3) is 0 Å². The van der Waals surface area contributed by atoms with Gasteiger partial charge in [-0.15, -0.1) is 0 Å². The van der Waals surface area contributed by atoms with Crippen LogP contribution in [0.3, 0.4) is 0 Å². The van der Waals surface area contributed by atoms with Crippen LogP contribution < -0.4 is 5.32 Å². The highest BCUT2D eigenvalue weighted by Gasteiger charge is 2.20. The summed E-state index contributed by atoms with van der Waals surface area (Å²) in [6.45, 7) is 3.15. The minimum Gasteiger partial charge on any atom is -0.385 e. The zero-order chi connectivity index (χ0) is 12.3. The number of nitrogens with zero attached hydrogens (tertiary/aromatic N) is 1. The third-order valence-electron chi connectivity index (χ3n) is 3.43. The minimum absolute atomic E-state index is 0.355. The van der Waals surface area contributed by atoms with Crippen molar-refractivity contribution in [3.05, 3.63) is 29.6 Å². The molecule has 1 saturated carbocycles. The maximum absolute atomic E-state index is 13.2. The second-order valence-electron chi connectivity index (χ2n) is 5.01. The number of nitrogens with one attached hydrogen (secondary N) is 1. The zero-order valence-corrected chi connectivity index (χ0v) is 10.0. The van der Waals surface area contributed by atoms with Gasteiger partial charge in [0.2, 0.25) is 0 Å². The lowest BCUT2D eigenvalue weighted by atomic mass is 10.1. The largest absolute Gasteiger partial charge is 0.385 e. The molecule has 0 radical (unpaired) electrons. The van der Waals surface area contributed by atoms with Gasteiger partial charge in [0.25, 0.3) is 0 Å². The van der Waals surface area contributed by atoms with Gasteiger partial charge in [0, 0.05) is 12.2 Å². The number of nitriles is 1. The van der Waals surface area contributed by atoms with E-state index >= 15 is 0 Å². The number of benzene rings is 1. The number of hydrogen-bond donors (Lipinski definition) is 1. The number of anilines is 1. The Bertz CT molecular complexity index is 436. The molecule has 1 aromatic carbocycles. The van der Waals surface area contributed by atoms with E-state index in [0.29, 0.717) is 17.2 Å². The molecule has 1 N–H and O–H groups in total. The van der Waals surface area contributed by atoms with E-state index < -0.39 is 0 Å². The van der Waals surface area contributed by atoms with Crippen LogP contribution in [0.4, 0.5) is 10.1 Å². The van der Waals surface area contributed by atoms with E-state index in [2.05, 4.69) is 12.2 Å². The molecule has 0 aromatic heterocycles. The zero-order valence-electron chi connectivity index (χ0n) is 10.0. The van der Waals surface area contributed by atoms with Crippen molar-refractivity contribution in [3.8, 4) is 6.07 Å². The second-order valence-corrected chi connectivity index (χ2v) is 5.01. The Labute approximate surface area is 101 Å². The summed E-state index contributed by atoms with van der Waals surface area (Å²) in [7, 11) is 0. The highest BCUT2D eigenvalue weighted by Crippen LogP contribution is 2.30. The Hall–Kier alpha value is -1.56. The molecule has 2 atom stereocenters. The lowest BCUT2D eigenvalue weighted by Crippen LogP contribution is -2.11. The van der Waals surface area contributed by atoms with Gasteiger partial charge in [-0.05, 0) is 42.9 Å². The average molecular weight is 232 g/mol. The number of hydrogen-bond acceptors (Lipinski definition) is 2. The lowest BCUT2D eigenvalue weighted by Gasteiger charge is -2.12. The molecule has 3 heteroatoms. The van der Waals surface area contributed by atoms with E-state index in [1.165, 1.54) is 31.4 Å². The normalized spacial score (nSPS) is 23.4. The van der Waals surface area contributed by atoms with Gasteiger partial charge in [-0.1, -0.05) is 13.3 Å². The van der Waals surface area contributed by atoms with E-state index in [0.717, 1.165) is 12.5 Å². The fraction of sp³-hybridized carbons (Fsp3) is 0.500. The molecule has 0 heterocycles. The van der Waals surface area contributed by atoms with Gasteiger partial charge in [0.05, 0.1) is 11.6 Å². The maximum Gasteiger partial charge on any atom is 0.126 e. The molecular weight excluding hydrogens is 215 g/mol. The van der Waals surface area contributed by atoms with Gasteiger partial charge in [0.1, 0.15) is 5.82 Å². The summed E-state index contributed by atoms with van der Waals surface area (Å²) in [5.74, 6) is 1.13. The summed E-state index contributed by atoms with van der Waals surface area (Å²) in [6.07, 6.45) is 3.78. The average Bonchev–Trinajstić information content (AvgIpc) is 2.72. The van der Waals surface area contributed by atoms with Crippen molar-refractivity contribution < 1.29 is 4.39 Å². The Balaban J connectivity index is 1.95. The molecule has 17 heavy (non-hydrogen) atoms. The van der Waals surface area contributed by atoms with E-state index in [-0.39, 0.29) is 5.82 Å². The molecule has 1 fully saturated rings. The molecule has 2 nitrogen and oxygen atoms in total. The molecule has 2 rings (SSSR count). The van der Waals surface area contributed by atoms with Crippen LogP contribution in [0.1, 0.15) is 31.7 Å². The Morgan fingerprint density at radius 1 is 1.41 bits per heavy atom. The smallest absolute Gasteiger partial charge is 0.126 e. The van der Waals surface area contributed by atoms with Crippen LogP contribution in [-0.4, -0.2) is 6.54 Å². The van der Waals surface area contributed by atoms with Gasteiger partial charge < -0.3 is 5.32 Å². The first-order chi connectivity index (χ1) is 8.17. The molecule has 1 aromatic rings. The Kier molecular flexibility index (Phi) is 3.63. The molecule has 1 aliphatic carbocycles. The van der Waals surface area contributed by atoms with Crippen molar-refractivity contribution in [2.24, 2.45) is 11.8 Å². The fourth-order valence-electron chi connectivity index (χ4n) is 2.53. The van der Waals surface area contributed by atoms with Crippen LogP contribution in [0.15, 0.2) is 18.2 Å². The fourth-order valence-corrected chi connectivity index (χ4v) is 2.53. The summed E-state index contributed by atoms with van der Waals surface area (Å²) >= 11 is 0. The topological polar surface area (TPSA) is 35.8 Å². The number of halogens is 1. The highest BCUT2D eigenvalue weighted by molar-refractivity contribution is 5.49. The first-order valence-corrected chi connectivity index (χ1v) is 6.12. The van der Waals surface area contributed by atoms with Crippen LogP contribution >= 0.6 is 0 Å². The molecule has 0 spiro atoms. The quantitative estimate of drug-likeness (QED) is 0.865. The van der Waals surface area contributed by atoms with Gasteiger partial charge >= 0.3 is 0 Å². The summed E-state index contributed by atoms with van der Waals surface area (Å²) in [5.41, 5.74) is 1.08. The van der Waals surface area contributed by atoms with Gasteiger partial charge in [-0.3, -0.25) is 0 Å². The molecule has 1 aliphatic rings. The van der Waals surface area contributed by atoms with Gasteiger partial charge in [-0.2, -0.15) is 5.26 Å². The Morgan fingerprint density at radius 2 is 2.24 bits per heavy atom. The third kappa shape index (κ3) is 3.20. The predicted molar refractivity (Wildman–Crippen MR) is 66.1 cm³/mol.